The second kappa shape index (κ2) is 5.19. The first-order valence-corrected chi connectivity index (χ1v) is 5.78. The van der Waals surface area contributed by atoms with E-state index >= 15 is 0 Å². The SMILES string of the molecule is Cc1cccc(C(=O)OCOCC2CC2)c1N. The molecule has 1 aliphatic rings. The van der Waals surface area contributed by atoms with Gasteiger partial charge in [0.1, 0.15) is 0 Å². The van der Waals surface area contributed by atoms with Crippen LogP contribution in [0.2, 0.25) is 0 Å². The van der Waals surface area contributed by atoms with Crippen LogP contribution in [-0.2, 0) is 9.47 Å². The third-order valence-corrected chi connectivity index (χ3v) is 2.87. The van der Waals surface area contributed by atoms with Crippen molar-refractivity contribution in [2.75, 3.05) is 19.1 Å². The average Bonchev–Trinajstić information content (AvgIpc) is 3.12. The van der Waals surface area contributed by atoms with Crippen molar-refractivity contribution in [3.8, 4) is 0 Å². The van der Waals surface area contributed by atoms with E-state index in [9.17, 15) is 4.79 Å². The van der Waals surface area contributed by atoms with E-state index in [-0.39, 0.29) is 6.79 Å². The molecule has 4 nitrogen and oxygen atoms in total. The largest absolute Gasteiger partial charge is 0.435 e. The molecule has 0 aliphatic heterocycles. The summed E-state index contributed by atoms with van der Waals surface area (Å²) < 4.78 is 10.2. The van der Waals surface area contributed by atoms with Gasteiger partial charge in [-0.25, -0.2) is 4.79 Å². The Morgan fingerprint density at radius 2 is 2.24 bits per heavy atom. The number of esters is 1. The molecule has 0 aromatic heterocycles. The lowest BCUT2D eigenvalue weighted by Gasteiger charge is -2.08. The van der Waals surface area contributed by atoms with E-state index in [0.717, 1.165) is 5.56 Å². The molecular weight excluding hydrogens is 218 g/mol. The van der Waals surface area contributed by atoms with Gasteiger partial charge >= 0.3 is 5.97 Å². The van der Waals surface area contributed by atoms with Gasteiger partial charge in [0.15, 0.2) is 6.79 Å². The molecule has 92 valence electrons. The molecule has 0 atom stereocenters. The molecule has 1 fully saturated rings. The van der Waals surface area contributed by atoms with Gasteiger partial charge in [-0.05, 0) is 37.3 Å². The zero-order valence-corrected chi connectivity index (χ0v) is 9.94. The summed E-state index contributed by atoms with van der Waals surface area (Å²) in [4.78, 5) is 11.7. The van der Waals surface area contributed by atoms with Crippen molar-refractivity contribution in [2.45, 2.75) is 19.8 Å². The van der Waals surface area contributed by atoms with Gasteiger partial charge in [0, 0.05) is 5.69 Å². The number of carbonyl (C=O) groups is 1. The highest BCUT2D eigenvalue weighted by atomic mass is 16.7. The Labute approximate surface area is 101 Å². The molecular formula is C13H17NO3. The fourth-order valence-electron chi connectivity index (χ4n) is 1.53. The first-order chi connectivity index (χ1) is 8.18. The summed E-state index contributed by atoms with van der Waals surface area (Å²) in [6, 6.07) is 5.30. The molecule has 0 radical (unpaired) electrons. The summed E-state index contributed by atoms with van der Waals surface area (Å²) >= 11 is 0. The lowest BCUT2D eigenvalue weighted by Crippen LogP contribution is -2.12. The minimum Gasteiger partial charge on any atom is -0.435 e. The number of ether oxygens (including phenoxy) is 2. The number of anilines is 1. The van der Waals surface area contributed by atoms with Crippen molar-refractivity contribution < 1.29 is 14.3 Å². The zero-order chi connectivity index (χ0) is 12.3. The number of nitrogens with two attached hydrogens (primary N) is 1. The van der Waals surface area contributed by atoms with Crippen LogP contribution in [0.5, 0.6) is 0 Å². The van der Waals surface area contributed by atoms with E-state index in [1.165, 1.54) is 12.8 Å². The molecule has 1 aromatic carbocycles. The van der Waals surface area contributed by atoms with Crippen LogP contribution in [0.15, 0.2) is 18.2 Å². The van der Waals surface area contributed by atoms with Crippen molar-refractivity contribution >= 4 is 11.7 Å². The number of carbonyl (C=O) groups excluding carboxylic acids is 1. The molecule has 2 N–H and O–H groups in total. The maximum Gasteiger partial charge on any atom is 0.342 e. The number of hydrogen-bond donors (Lipinski definition) is 1. The Bertz CT molecular complexity index is 413. The molecule has 4 heteroatoms. The van der Waals surface area contributed by atoms with Crippen LogP contribution < -0.4 is 5.73 Å². The fourth-order valence-corrected chi connectivity index (χ4v) is 1.53. The summed E-state index contributed by atoms with van der Waals surface area (Å²) in [7, 11) is 0. The Balaban J connectivity index is 1.83. The lowest BCUT2D eigenvalue weighted by molar-refractivity contribution is -0.0344. The molecule has 1 aliphatic carbocycles. The predicted molar refractivity (Wildman–Crippen MR) is 64.5 cm³/mol. The molecule has 0 bridgehead atoms. The molecule has 0 heterocycles. The lowest BCUT2D eigenvalue weighted by atomic mass is 10.1. The molecule has 0 amide bonds. The minimum atomic E-state index is -0.429. The second-order valence-corrected chi connectivity index (χ2v) is 4.40. The predicted octanol–water partition coefficient (Wildman–Crippen LogP) is 2.12. The number of para-hydroxylation sites is 1. The first kappa shape index (κ1) is 11.9. The van der Waals surface area contributed by atoms with Crippen LogP contribution in [0.3, 0.4) is 0 Å². The molecule has 17 heavy (non-hydrogen) atoms. The number of hydrogen-bond acceptors (Lipinski definition) is 4. The Morgan fingerprint density at radius 1 is 1.47 bits per heavy atom. The van der Waals surface area contributed by atoms with Crippen LogP contribution in [0.4, 0.5) is 5.69 Å². The fraction of sp³-hybridized carbons (Fsp3) is 0.462. The van der Waals surface area contributed by atoms with Gasteiger partial charge in [-0.15, -0.1) is 0 Å². The van der Waals surface area contributed by atoms with Gasteiger partial charge < -0.3 is 15.2 Å². The number of nitrogen functional groups attached to an aromatic ring is 1. The van der Waals surface area contributed by atoms with E-state index in [1.54, 1.807) is 12.1 Å². The van der Waals surface area contributed by atoms with Gasteiger partial charge in [0.2, 0.25) is 0 Å². The van der Waals surface area contributed by atoms with E-state index < -0.39 is 5.97 Å². The minimum absolute atomic E-state index is 0.00269. The molecule has 0 spiro atoms. The second-order valence-electron chi connectivity index (χ2n) is 4.40. The topological polar surface area (TPSA) is 61.5 Å². The summed E-state index contributed by atoms with van der Waals surface area (Å²) in [6.07, 6.45) is 2.44. The van der Waals surface area contributed by atoms with Crippen LogP contribution in [-0.4, -0.2) is 19.4 Å². The number of benzene rings is 1. The Morgan fingerprint density at radius 3 is 2.94 bits per heavy atom. The Hall–Kier alpha value is -1.55. The maximum absolute atomic E-state index is 11.7. The van der Waals surface area contributed by atoms with E-state index in [0.29, 0.717) is 23.8 Å². The van der Waals surface area contributed by atoms with Crippen LogP contribution in [0, 0.1) is 12.8 Å². The maximum atomic E-state index is 11.7. The van der Waals surface area contributed by atoms with Crippen LogP contribution in [0.25, 0.3) is 0 Å². The Kier molecular flexibility index (Phi) is 3.64. The average molecular weight is 235 g/mol. The van der Waals surface area contributed by atoms with Gasteiger partial charge in [-0.2, -0.15) is 0 Å². The van der Waals surface area contributed by atoms with Crippen molar-refractivity contribution in [1.82, 2.24) is 0 Å². The highest BCUT2D eigenvalue weighted by Gasteiger charge is 2.21. The monoisotopic (exact) mass is 235 g/mol. The quantitative estimate of drug-likeness (QED) is 0.367. The van der Waals surface area contributed by atoms with Crippen LogP contribution in [0.1, 0.15) is 28.8 Å². The first-order valence-electron chi connectivity index (χ1n) is 5.78. The van der Waals surface area contributed by atoms with Crippen LogP contribution >= 0.6 is 0 Å². The zero-order valence-electron chi connectivity index (χ0n) is 9.94. The van der Waals surface area contributed by atoms with Gasteiger partial charge in [-0.1, -0.05) is 12.1 Å². The van der Waals surface area contributed by atoms with E-state index in [2.05, 4.69) is 0 Å². The molecule has 0 unspecified atom stereocenters. The molecule has 0 saturated heterocycles. The third kappa shape index (κ3) is 3.20. The summed E-state index contributed by atoms with van der Waals surface area (Å²) in [6.45, 7) is 2.54. The summed E-state index contributed by atoms with van der Waals surface area (Å²) in [5.41, 5.74) is 7.55. The van der Waals surface area contributed by atoms with Crippen molar-refractivity contribution in [3.63, 3.8) is 0 Å². The molecule has 1 aromatic rings. The van der Waals surface area contributed by atoms with E-state index in [4.69, 9.17) is 15.2 Å². The molecule has 2 rings (SSSR count). The number of rotatable bonds is 5. The van der Waals surface area contributed by atoms with Crippen molar-refractivity contribution in [3.05, 3.63) is 29.3 Å². The highest BCUT2D eigenvalue weighted by Crippen LogP contribution is 2.28. The standard InChI is InChI=1S/C13H17NO3/c1-9-3-2-4-11(12(9)14)13(15)17-8-16-7-10-5-6-10/h2-4,10H,5-8,14H2,1H3. The van der Waals surface area contributed by atoms with Gasteiger partial charge in [-0.3, -0.25) is 0 Å². The van der Waals surface area contributed by atoms with E-state index in [1.807, 2.05) is 13.0 Å². The molecule has 1 saturated carbocycles. The van der Waals surface area contributed by atoms with Gasteiger partial charge in [0.05, 0.1) is 12.2 Å². The van der Waals surface area contributed by atoms with Crippen molar-refractivity contribution in [2.24, 2.45) is 5.92 Å². The van der Waals surface area contributed by atoms with Crippen molar-refractivity contribution in [1.29, 1.82) is 0 Å². The number of aryl methyl sites for hydroxylation is 1. The summed E-state index contributed by atoms with van der Waals surface area (Å²) in [5, 5.41) is 0. The summed E-state index contributed by atoms with van der Waals surface area (Å²) in [5.74, 6) is 0.236. The highest BCUT2D eigenvalue weighted by molar-refractivity contribution is 5.95. The van der Waals surface area contributed by atoms with Gasteiger partial charge in [0.25, 0.3) is 0 Å². The third-order valence-electron chi connectivity index (χ3n) is 2.87. The normalized spacial score (nSPS) is 14.6. The smallest absolute Gasteiger partial charge is 0.342 e.